The molecule has 0 fully saturated rings. The average Bonchev–Trinajstić information content (AvgIpc) is 2.75. The van der Waals surface area contributed by atoms with E-state index in [0.717, 1.165) is 36.8 Å². The summed E-state index contributed by atoms with van der Waals surface area (Å²) >= 11 is 0. The van der Waals surface area contributed by atoms with Gasteiger partial charge in [0.2, 0.25) is 16.6 Å². The van der Waals surface area contributed by atoms with Gasteiger partial charge in [-0.15, -0.1) is 0 Å². The van der Waals surface area contributed by atoms with Crippen molar-refractivity contribution in [2.75, 3.05) is 0 Å². The second kappa shape index (κ2) is 12.7. The van der Waals surface area contributed by atoms with Crippen LogP contribution in [0.2, 0.25) is 39.3 Å². The van der Waals surface area contributed by atoms with E-state index >= 15 is 0 Å². The normalized spacial score (nSPS) is 11.9. The van der Waals surface area contributed by atoms with Crippen molar-refractivity contribution in [3.05, 3.63) is 58.7 Å². The highest BCUT2D eigenvalue weighted by atomic mass is 28.4. The van der Waals surface area contributed by atoms with Gasteiger partial charge in [0.15, 0.2) is 11.6 Å². The molecule has 192 valence electrons. The highest BCUT2D eigenvalue weighted by molar-refractivity contribution is 6.70. The Hall–Kier alpha value is -2.19. The number of hydrogen-bond donors (Lipinski definition) is 0. The molecule has 0 atom stereocenters. The summed E-state index contributed by atoms with van der Waals surface area (Å²) in [4.78, 5) is 26.0. The van der Waals surface area contributed by atoms with Crippen molar-refractivity contribution in [2.24, 2.45) is 0 Å². The molecule has 35 heavy (non-hydrogen) atoms. The third-order valence-electron chi connectivity index (χ3n) is 5.44. The number of ketones is 2. The lowest BCUT2D eigenvalue weighted by atomic mass is 9.96. The largest absolute Gasteiger partial charge is 0.544 e. The molecule has 0 bridgehead atoms. The molecule has 0 saturated heterocycles. The van der Waals surface area contributed by atoms with Gasteiger partial charge in [-0.2, -0.15) is 0 Å². The number of benzene rings is 2. The third kappa shape index (κ3) is 9.76. The minimum atomic E-state index is -1.86. The van der Waals surface area contributed by atoms with Gasteiger partial charge in [-0.05, 0) is 93.9 Å². The summed E-state index contributed by atoms with van der Waals surface area (Å²) in [7, 11) is -3.71. The fourth-order valence-electron chi connectivity index (χ4n) is 3.83. The van der Waals surface area contributed by atoms with Crippen molar-refractivity contribution >= 4 is 28.2 Å². The molecule has 0 unspecified atom stereocenters. The summed E-state index contributed by atoms with van der Waals surface area (Å²) in [6, 6.07) is 11.9. The lowest BCUT2D eigenvalue weighted by molar-refractivity contribution is 0.0969. The second-order valence-corrected chi connectivity index (χ2v) is 20.2. The fourth-order valence-corrected chi connectivity index (χ4v) is 5.50. The molecule has 0 heterocycles. The van der Waals surface area contributed by atoms with Crippen LogP contribution in [-0.2, 0) is 6.42 Å². The van der Waals surface area contributed by atoms with Crippen molar-refractivity contribution in [3.63, 3.8) is 0 Å². The molecule has 0 aliphatic heterocycles. The van der Waals surface area contributed by atoms with E-state index in [0.29, 0.717) is 41.9 Å². The van der Waals surface area contributed by atoms with Crippen LogP contribution in [0.5, 0.6) is 11.5 Å². The minimum Gasteiger partial charge on any atom is -0.544 e. The third-order valence-corrected chi connectivity index (χ3v) is 7.11. The molecule has 2 aromatic carbocycles. The molecule has 0 radical (unpaired) electrons. The first-order valence-corrected chi connectivity index (χ1v) is 19.8. The van der Waals surface area contributed by atoms with Crippen LogP contribution in [-0.4, -0.2) is 28.2 Å². The quantitative estimate of drug-likeness (QED) is 0.188. The number of carbonyl (C=O) groups excluding carboxylic acids is 2. The van der Waals surface area contributed by atoms with Gasteiger partial charge in [-0.25, -0.2) is 0 Å². The van der Waals surface area contributed by atoms with E-state index in [1.807, 2.05) is 36.4 Å². The van der Waals surface area contributed by atoms with Crippen LogP contribution in [0.3, 0.4) is 0 Å². The van der Waals surface area contributed by atoms with Crippen LogP contribution in [0, 0.1) is 0 Å². The topological polar surface area (TPSA) is 52.6 Å². The molecule has 0 aliphatic rings. The lowest BCUT2D eigenvalue weighted by Gasteiger charge is -2.22. The fraction of sp³-hybridized carbons (Fsp3) is 0.517. The van der Waals surface area contributed by atoms with Crippen molar-refractivity contribution in [1.82, 2.24) is 0 Å². The number of unbranched alkanes of at least 4 members (excludes halogenated alkanes) is 2. The molecule has 4 nitrogen and oxygen atoms in total. The highest BCUT2D eigenvalue weighted by Gasteiger charge is 2.23. The van der Waals surface area contributed by atoms with Crippen molar-refractivity contribution in [2.45, 2.75) is 98.1 Å². The number of rotatable bonds is 14. The van der Waals surface area contributed by atoms with Gasteiger partial charge in [0.05, 0.1) is 11.1 Å². The Bertz CT molecular complexity index is 935. The maximum absolute atomic E-state index is 13.0. The summed E-state index contributed by atoms with van der Waals surface area (Å²) in [5, 5.41) is 0. The number of carbonyl (C=O) groups is 2. The van der Waals surface area contributed by atoms with E-state index < -0.39 is 16.6 Å². The predicted molar refractivity (Wildman–Crippen MR) is 151 cm³/mol. The zero-order valence-corrected chi connectivity index (χ0v) is 25.0. The highest BCUT2D eigenvalue weighted by Crippen LogP contribution is 2.29. The Morgan fingerprint density at radius 3 is 1.34 bits per heavy atom. The monoisotopic (exact) mass is 512 g/mol. The molecular formula is C29H44O4Si2. The Morgan fingerprint density at radius 2 is 1.03 bits per heavy atom. The molecule has 0 aliphatic carbocycles. The Balaban J connectivity index is 2.41. The van der Waals surface area contributed by atoms with Crippen molar-refractivity contribution in [3.8, 4) is 11.5 Å². The van der Waals surface area contributed by atoms with E-state index in [-0.39, 0.29) is 11.6 Å². The zero-order valence-electron chi connectivity index (χ0n) is 23.0. The molecule has 6 heteroatoms. The Kier molecular flexibility index (Phi) is 10.5. The van der Waals surface area contributed by atoms with Gasteiger partial charge in [-0.3, -0.25) is 9.59 Å². The van der Waals surface area contributed by atoms with Gasteiger partial charge in [0.25, 0.3) is 0 Å². The molecule has 0 saturated carbocycles. The molecule has 0 spiro atoms. The Morgan fingerprint density at radius 1 is 0.657 bits per heavy atom. The zero-order chi connectivity index (χ0) is 26.2. The first-order chi connectivity index (χ1) is 16.3. The van der Waals surface area contributed by atoms with E-state index in [9.17, 15) is 9.59 Å². The molecule has 0 aromatic heterocycles. The number of Topliss-reactive ketones (excluding diaryl/α,β-unsaturated/α-hetero) is 2. The van der Waals surface area contributed by atoms with Crippen LogP contribution >= 0.6 is 0 Å². The average molecular weight is 513 g/mol. The van der Waals surface area contributed by atoms with Crippen LogP contribution in [0.1, 0.15) is 84.2 Å². The first kappa shape index (κ1) is 29.0. The number of hydrogen-bond acceptors (Lipinski definition) is 4. The molecule has 0 amide bonds. The van der Waals surface area contributed by atoms with Gasteiger partial charge in [0.1, 0.15) is 11.5 Å². The first-order valence-electron chi connectivity index (χ1n) is 13.0. The van der Waals surface area contributed by atoms with E-state index in [1.54, 1.807) is 0 Å². The van der Waals surface area contributed by atoms with Gasteiger partial charge in [-0.1, -0.05) is 38.8 Å². The van der Waals surface area contributed by atoms with Gasteiger partial charge >= 0.3 is 0 Å². The summed E-state index contributed by atoms with van der Waals surface area (Å²) in [6.07, 6.45) is 5.41. The second-order valence-electron chi connectivity index (χ2n) is 11.3. The SMILES string of the molecule is CCCCC(=O)c1cc(Cc2ccc(O[Si](C)(C)C)c(C(=O)CCCC)c2)ccc1O[Si](C)(C)C. The molecule has 2 rings (SSSR count). The standard InChI is InChI=1S/C29H44O4Si2/c1-9-11-13-26(30)24-20-22(15-17-28(24)32-34(3,4)5)19-23-16-18-29(33-35(6,7)8)25(21-23)27(31)14-12-10-2/h15-18,20-21H,9-14,19H2,1-8H3. The minimum absolute atomic E-state index is 0.135. The Labute approximate surface area is 214 Å². The van der Waals surface area contributed by atoms with Crippen molar-refractivity contribution in [1.29, 1.82) is 0 Å². The molecule has 2 aromatic rings. The smallest absolute Gasteiger partial charge is 0.242 e. The molecular weight excluding hydrogens is 468 g/mol. The summed E-state index contributed by atoms with van der Waals surface area (Å²) in [6.45, 7) is 17.0. The maximum Gasteiger partial charge on any atom is 0.242 e. The van der Waals surface area contributed by atoms with Crippen molar-refractivity contribution < 1.29 is 18.4 Å². The summed E-state index contributed by atoms with van der Waals surface area (Å²) < 4.78 is 12.5. The van der Waals surface area contributed by atoms with Crippen LogP contribution in [0.25, 0.3) is 0 Å². The van der Waals surface area contributed by atoms with E-state index in [4.69, 9.17) is 8.85 Å². The van der Waals surface area contributed by atoms with E-state index in [1.165, 1.54) is 0 Å². The van der Waals surface area contributed by atoms with Gasteiger partial charge < -0.3 is 8.85 Å². The van der Waals surface area contributed by atoms with Crippen LogP contribution < -0.4 is 8.85 Å². The van der Waals surface area contributed by atoms with E-state index in [2.05, 4.69) is 53.1 Å². The van der Waals surface area contributed by atoms with Gasteiger partial charge in [0, 0.05) is 12.8 Å². The lowest BCUT2D eigenvalue weighted by Crippen LogP contribution is -2.30. The van der Waals surface area contributed by atoms with Crippen LogP contribution in [0.15, 0.2) is 36.4 Å². The maximum atomic E-state index is 13.0. The molecule has 0 N–H and O–H groups in total. The van der Waals surface area contributed by atoms with Crippen LogP contribution in [0.4, 0.5) is 0 Å². The summed E-state index contributed by atoms with van der Waals surface area (Å²) in [5.41, 5.74) is 3.44. The summed E-state index contributed by atoms with van der Waals surface area (Å²) in [5.74, 6) is 1.67. The predicted octanol–water partition coefficient (Wildman–Crippen LogP) is 8.45.